The van der Waals surface area contributed by atoms with Gasteiger partial charge in [-0.15, -0.1) is 0 Å². The number of aromatic nitrogens is 2. The molecule has 0 saturated carbocycles. The normalized spacial score (nSPS) is 11.7. The van der Waals surface area contributed by atoms with Crippen LogP contribution in [0.5, 0.6) is 5.88 Å². The lowest BCUT2D eigenvalue weighted by Gasteiger charge is -2.20. The molecular weight excluding hydrogens is 333 g/mol. The molecule has 1 N–H and O–H groups in total. The van der Waals surface area contributed by atoms with Crippen molar-refractivity contribution in [2.75, 3.05) is 5.32 Å². The van der Waals surface area contributed by atoms with Crippen LogP contribution in [0.3, 0.4) is 0 Å². The Bertz CT molecular complexity index is 792. The summed E-state index contributed by atoms with van der Waals surface area (Å²) in [5.41, 5.74) is -0.707. The molecule has 0 atom stereocenters. The summed E-state index contributed by atoms with van der Waals surface area (Å²) in [5, 5.41) is 11.8. The van der Waals surface area contributed by atoms with Gasteiger partial charge in [-0.05, 0) is 44.5 Å². The van der Waals surface area contributed by atoms with Gasteiger partial charge in [0.1, 0.15) is 23.2 Å². The predicted octanol–water partition coefficient (Wildman–Crippen LogP) is 4.16. The number of hydrogen-bond acceptors (Lipinski definition) is 5. The molecule has 2 aromatic heterocycles. The predicted molar refractivity (Wildman–Crippen MR) is 85.9 cm³/mol. The quantitative estimate of drug-likeness (QED) is 0.897. The highest BCUT2D eigenvalue weighted by atomic mass is 19.4. The molecule has 0 aliphatic rings. The van der Waals surface area contributed by atoms with E-state index >= 15 is 0 Å². The molecule has 2 rings (SSSR count). The van der Waals surface area contributed by atoms with Crippen LogP contribution < -0.4 is 10.1 Å². The van der Waals surface area contributed by atoms with Crippen LogP contribution in [0.25, 0.3) is 0 Å². The van der Waals surface area contributed by atoms with E-state index in [4.69, 9.17) is 10.00 Å². The minimum atomic E-state index is -4.57. The van der Waals surface area contributed by atoms with E-state index in [-0.39, 0.29) is 17.9 Å². The highest BCUT2D eigenvalue weighted by Crippen LogP contribution is 2.29. The SMILES string of the molecule is CC(C)(C)Oc1cc(CNc2nc(C(F)(F)F)ccc2C#N)ccn1. The number of ether oxygens (including phenoxy) is 1. The Kier molecular flexibility index (Phi) is 5.16. The summed E-state index contributed by atoms with van der Waals surface area (Å²) in [6, 6.07) is 7.08. The topological polar surface area (TPSA) is 70.8 Å². The van der Waals surface area contributed by atoms with Crippen molar-refractivity contribution in [3.63, 3.8) is 0 Å². The number of nitriles is 1. The lowest BCUT2D eigenvalue weighted by atomic mass is 10.2. The van der Waals surface area contributed by atoms with E-state index in [9.17, 15) is 13.2 Å². The third-order valence-corrected chi connectivity index (χ3v) is 2.98. The number of halogens is 3. The summed E-state index contributed by atoms with van der Waals surface area (Å²) in [5.74, 6) is 0.289. The Balaban J connectivity index is 2.19. The Morgan fingerprint density at radius 1 is 1.20 bits per heavy atom. The summed E-state index contributed by atoms with van der Waals surface area (Å²) in [7, 11) is 0. The molecule has 132 valence electrons. The first kappa shape index (κ1) is 18.5. The maximum absolute atomic E-state index is 12.8. The van der Waals surface area contributed by atoms with Crippen LogP contribution in [0.4, 0.5) is 19.0 Å². The van der Waals surface area contributed by atoms with Gasteiger partial charge in [-0.3, -0.25) is 0 Å². The van der Waals surface area contributed by atoms with Gasteiger partial charge in [0.05, 0.1) is 5.56 Å². The minimum absolute atomic E-state index is 0.0354. The van der Waals surface area contributed by atoms with Gasteiger partial charge in [0.15, 0.2) is 0 Å². The van der Waals surface area contributed by atoms with Gasteiger partial charge >= 0.3 is 6.18 Å². The van der Waals surface area contributed by atoms with Crippen LogP contribution in [-0.2, 0) is 12.7 Å². The van der Waals surface area contributed by atoms with Crippen molar-refractivity contribution in [3.05, 3.63) is 47.3 Å². The van der Waals surface area contributed by atoms with Gasteiger partial charge in [-0.25, -0.2) is 9.97 Å². The van der Waals surface area contributed by atoms with Crippen LogP contribution in [0.15, 0.2) is 30.5 Å². The molecule has 0 radical (unpaired) electrons. The Morgan fingerprint density at radius 2 is 1.92 bits per heavy atom. The van der Waals surface area contributed by atoms with Crippen molar-refractivity contribution in [2.45, 2.75) is 39.1 Å². The maximum atomic E-state index is 12.8. The van der Waals surface area contributed by atoms with Crippen molar-refractivity contribution in [1.82, 2.24) is 9.97 Å². The second kappa shape index (κ2) is 6.97. The highest BCUT2D eigenvalue weighted by molar-refractivity contribution is 5.52. The van der Waals surface area contributed by atoms with Crippen molar-refractivity contribution >= 4 is 5.82 Å². The molecule has 0 bridgehead atoms. The fraction of sp³-hybridized carbons (Fsp3) is 0.353. The summed E-state index contributed by atoms with van der Waals surface area (Å²) in [6.45, 7) is 5.81. The molecule has 0 spiro atoms. The first-order valence-electron chi connectivity index (χ1n) is 7.44. The zero-order chi connectivity index (χ0) is 18.7. The molecule has 0 amide bonds. The van der Waals surface area contributed by atoms with Gasteiger partial charge in [0, 0.05) is 18.8 Å². The van der Waals surface area contributed by atoms with E-state index in [1.807, 2.05) is 26.8 Å². The first-order chi connectivity index (χ1) is 11.6. The van der Waals surface area contributed by atoms with Crippen LogP contribution in [0, 0.1) is 11.3 Å². The number of nitrogens with one attached hydrogen (secondary N) is 1. The molecule has 8 heteroatoms. The second-order valence-electron chi connectivity index (χ2n) is 6.27. The van der Waals surface area contributed by atoms with Crippen LogP contribution in [0.1, 0.15) is 37.6 Å². The largest absolute Gasteiger partial charge is 0.472 e. The molecule has 0 aliphatic heterocycles. The van der Waals surface area contributed by atoms with E-state index in [1.165, 1.54) is 0 Å². The Labute approximate surface area is 143 Å². The van der Waals surface area contributed by atoms with Gasteiger partial charge in [-0.1, -0.05) is 0 Å². The molecular formula is C17H17F3N4O. The fourth-order valence-corrected chi connectivity index (χ4v) is 1.96. The van der Waals surface area contributed by atoms with Crippen molar-refractivity contribution < 1.29 is 17.9 Å². The number of nitrogens with zero attached hydrogens (tertiary/aromatic N) is 3. The van der Waals surface area contributed by atoms with E-state index < -0.39 is 17.5 Å². The lowest BCUT2D eigenvalue weighted by Crippen LogP contribution is -2.23. The van der Waals surface area contributed by atoms with E-state index in [0.29, 0.717) is 5.88 Å². The standard InChI is InChI=1S/C17H17F3N4O/c1-16(2,3)25-14-8-11(6-7-22-14)10-23-15-12(9-21)4-5-13(24-15)17(18,19)20/h4-8H,10H2,1-3H3,(H,23,24). The zero-order valence-corrected chi connectivity index (χ0v) is 14.0. The van der Waals surface area contributed by atoms with Crippen LogP contribution in [0.2, 0.25) is 0 Å². The monoisotopic (exact) mass is 350 g/mol. The van der Waals surface area contributed by atoms with Gasteiger partial charge in [0.25, 0.3) is 0 Å². The second-order valence-corrected chi connectivity index (χ2v) is 6.27. The van der Waals surface area contributed by atoms with E-state index in [0.717, 1.165) is 17.7 Å². The van der Waals surface area contributed by atoms with Gasteiger partial charge in [-0.2, -0.15) is 18.4 Å². The molecule has 0 aromatic carbocycles. The maximum Gasteiger partial charge on any atom is 0.433 e. The third kappa shape index (κ3) is 5.35. The van der Waals surface area contributed by atoms with Crippen LogP contribution >= 0.6 is 0 Å². The number of hydrogen-bond donors (Lipinski definition) is 1. The highest BCUT2D eigenvalue weighted by Gasteiger charge is 2.33. The summed E-state index contributed by atoms with van der Waals surface area (Å²) in [4.78, 5) is 7.60. The fourth-order valence-electron chi connectivity index (χ4n) is 1.96. The Hall–Kier alpha value is -2.82. The number of rotatable bonds is 4. The molecule has 25 heavy (non-hydrogen) atoms. The smallest absolute Gasteiger partial charge is 0.433 e. The molecule has 0 saturated heterocycles. The minimum Gasteiger partial charge on any atom is -0.472 e. The first-order valence-corrected chi connectivity index (χ1v) is 7.44. The van der Waals surface area contributed by atoms with Gasteiger partial charge < -0.3 is 10.1 Å². The summed E-state index contributed by atoms with van der Waals surface area (Å²) < 4.78 is 44.0. The van der Waals surface area contributed by atoms with Crippen LogP contribution in [-0.4, -0.2) is 15.6 Å². The lowest BCUT2D eigenvalue weighted by molar-refractivity contribution is -0.141. The molecule has 5 nitrogen and oxygen atoms in total. The average molecular weight is 350 g/mol. The molecule has 0 fully saturated rings. The average Bonchev–Trinajstić information content (AvgIpc) is 2.50. The third-order valence-electron chi connectivity index (χ3n) is 2.98. The summed E-state index contributed by atoms with van der Waals surface area (Å²) >= 11 is 0. The van der Waals surface area contributed by atoms with E-state index in [1.54, 1.807) is 18.3 Å². The van der Waals surface area contributed by atoms with Crippen molar-refractivity contribution in [3.8, 4) is 11.9 Å². The Morgan fingerprint density at radius 3 is 2.52 bits per heavy atom. The van der Waals surface area contributed by atoms with Gasteiger partial charge in [0.2, 0.25) is 5.88 Å². The number of alkyl halides is 3. The zero-order valence-electron chi connectivity index (χ0n) is 14.0. The number of pyridine rings is 2. The number of anilines is 1. The molecule has 0 unspecified atom stereocenters. The molecule has 0 aliphatic carbocycles. The van der Waals surface area contributed by atoms with Crippen molar-refractivity contribution in [1.29, 1.82) is 5.26 Å². The van der Waals surface area contributed by atoms with E-state index in [2.05, 4.69) is 15.3 Å². The molecule has 2 heterocycles. The van der Waals surface area contributed by atoms with Crippen molar-refractivity contribution in [2.24, 2.45) is 0 Å². The molecule has 2 aromatic rings. The summed E-state index contributed by atoms with van der Waals surface area (Å²) in [6.07, 6.45) is -3.03.